The Labute approximate surface area is 134 Å². The van der Waals surface area contributed by atoms with Crippen LogP contribution >= 0.6 is 23.2 Å². The fraction of sp³-hybridized carbons (Fsp3) is 0.600. The first-order valence-corrected chi connectivity index (χ1v) is 7.88. The van der Waals surface area contributed by atoms with Crippen LogP contribution in [-0.4, -0.2) is 29.3 Å². The van der Waals surface area contributed by atoms with Gasteiger partial charge in [-0.15, -0.1) is 0 Å². The third-order valence-corrected chi connectivity index (χ3v) is 4.23. The highest BCUT2D eigenvalue weighted by Crippen LogP contribution is 2.31. The van der Waals surface area contributed by atoms with Gasteiger partial charge in [-0.25, -0.2) is 4.98 Å². The van der Waals surface area contributed by atoms with E-state index in [1.165, 1.54) is 12.3 Å². The second-order valence-corrected chi connectivity index (χ2v) is 6.13. The zero-order valence-electron chi connectivity index (χ0n) is 12.2. The molecule has 1 saturated heterocycles. The van der Waals surface area contributed by atoms with Gasteiger partial charge in [0.2, 0.25) is 0 Å². The molecule has 1 aromatic rings. The molecule has 1 aliphatic rings. The number of carbonyl (C=O) groups excluding carboxylic acids is 1. The minimum atomic E-state index is -0.681. The number of halogens is 2. The minimum Gasteiger partial charge on any atom is -0.347 e. The average Bonchev–Trinajstić information content (AvgIpc) is 2.84. The van der Waals surface area contributed by atoms with E-state index in [9.17, 15) is 4.79 Å². The molecule has 0 aromatic carbocycles. The van der Waals surface area contributed by atoms with E-state index in [0.717, 1.165) is 25.7 Å². The van der Waals surface area contributed by atoms with Gasteiger partial charge in [0, 0.05) is 18.2 Å². The summed E-state index contributed by atoms with van der Waals surface area (Å²) in [5.41, 5.74) is 0.385. The quantitative estimate of drug-likeness (QED) is 0.443. The number of pyridine rings is 1. The van der Waals surface area contributed by atoms with Crippen LogP contribution in [0.2, 0.25) is 10.2 Å². The molecule has 21 heavy (non-hydrogen) atoms. The van der Waals surface area contributed by atoms with Gasteiger partial charge in [-0.1, -0.05) is 43.0 Å². The van der Waals surface area contributed by atoms with E-state index in [1.807, 2.05) is 6.92 Å². The maximum atomic E-state index is 12.4. The average molecular weight is 332 g/mol. The lowest BCUT2D eigenvalue weighted by Crippen LogP contribution is -2.29. The van der Waals surface area contributed by atoms with Crippen molar-refractivity contribution in [3.63, 3.8) is 0 Å². The van der Waals surface area contributed by atoms with E-state index in [0.29, 0.717) is 5.56 Å². The molecule has 0 aliphatic carbocycles. The van der Waals surface area contributed by atoms with E-state index in [-0.39, 0.29) is 22.6 Å². The summed E-state index contributed by atoms with van der Waals surface area (Å²) in [5.74, 6) is -0.862. The monoisotopic (exact) mass is 331 g/mol. The minimum absolute atomic E-state index is 0.180. The fourth-order valence-corrected chi connectivity index (χ4v) is 2.59. The first kappa shape index (κ1) is 16.7. The van der Waals surface area contributed by atoms with Gasteiger partial charge < -0.3 is 9.47 Å². The number of aromatic nitrogens is 1. The first-order chi connectivity index (χ1) is 9.95. The Balaban J connectivity index is 2.00. The van der Waals surface area contributed by atoms with Gasteiger partial charge in [0.1, 0.15) is 11.3 Å². The Morgan fingerprint density at radius 1 is 1.48 bits per heavy atom. The fourth-order valence-electron chi connectivity index (χ4n) is 2.32. The molecule has 0 radical (unpaired) electrons. The van der Waals surface area contributed by atoms with Crippen LogP contribution in [0.3, 0.4) is 0 Å². The Morgan fingerprint density at radius 2 is 2.24 bits per heavy atom. The third-order valence-electron chi connectivity index (χ3n) is 3.54. The van der Waals surface area contributed by atoms with Crippen molar-refractivity contribution in [2.45, 2.75) is 51.4 Å². The molecule has 2 rings (SSSR count). The third kappa shape index (κ3) is 4.16. The molecular formula is C15H19Cl2NO3. The summed E-state index contributed by atoms with van der Waals surface area (Å²) in [6.45, 7) is 4.27. The number of hydrogen-bond acceptors (Lipinski definition) is 4. The van der Waals surface area contributed by atoms with Gasteiger partial charge in [-0.2, -0.15) is 0 Å². The van der Waals surface area contributed by atoms with E-state index < -0.39 is 11.9 Å². The molecule has 2 atom stereocenters. The van der Waals surface area contributed by atoms with Crippen molar-refractivity contribution in [3.05, 3.63) is 28.0 Å². The van der Waals surface area contributed by atoms with E-state index >= 15 is 0 Å². The van der Waals surface area contributed by atoms with Crippen LogP contribution < -0.4 is 0 Å². The molecule has 0 saturated carbocycles. The summed E-state index contributed by atoms with van der Waals surface area (Å²) in [6.07, 6.45) is 4.85. The van der Waals surface area contributed by atoms with E-state index in [4.69, 9.17) is 32.7 Å². The Kier molecular flexibility index (Phi) is 5.60. The molecular weight excluding hydrogens is 313 g/mol. The van der Waals surface area contributed by atoms with Gasteiger partial charge in [-0.3, -0.25) is 4.79 Å². The normalized spacial score (nSPS) is 25.2. The number of ketones is 1. The first-order valence-electron chi connectivity index (χ1n) is 7.12. The predicted octanol–water partition coefficient (Wildman–Crippen LogP) is 4.28. The summed E-state index contributed by atoms with van der Waals surface area (Å²) in [5, 5.41) is 0.438. The van der Waals surface area contributed by atoms with Crippen molar-refractivity contribution in [1.29, 1.82) is 0 Å². The lowest BCUT2D eigenvalue weighted by molar-refractivity contribution is -0.154. The number of ether oxygens (including phenoxy) is 2. The number of unbranched alkanes of at least 4 members (excludes halogenated alkanes) is 2. The molecule has 1 aliphatic heterocycles. The molecule has 116 valence electrons. The van der Waals surface area contributed by atoms with Crippen molar-refractivity contribution in [1.82, 2.24) is 4.98 Å². The SMILES string of the molecule is CCCCCC1(C)OCC(C(=O)c2cnc(Cl)c(Cl)c2)O1. The van der Waals surface area contributed by atoms with Crippen LogP contribution in [0, 0.1) is 0 Å². The Hall–Kier alpha value is -0.680. The number of hydrogen-bond donors (Lipinski definition) is 0. The predicted molar refractivity (Wildman–Crippen MR) is 82.0 cm³/mol. The van der Waals surface area contributed by atoms with Crippen LogP contribution in [0.5, 0.6) is 0 Å². The maximum absolute atomic E-state index is 12.4. The standard InChI is InChI=1S/C15H19Cl2NO3/c1-3-4-5-6-15(2)20-9-12(21-15)13(19)10-7-11(16)14(17)18-8-10/h7-8,12H,3-6,9H2,1-2H3. The molecule has 1 fully saturated rings. The van der Waals surface area contributed by atoms with Crippen LogP contribution in [-0.2, 0) is 9.47 Å². The number of carbonyl (C=O) groups is 1. The second-order valence-electron chi connectivity index (χ2n) is 5.37. The van der Waals surface area contributed by atoms with Gasteiger partial charge in [0.15, 0.2) is 11.6 Å². The molecule has 2 unspecified atom stereocenters. The maximum Gasteiger partial charge on any atom is 0.195 e. The summed E-state index contributed by atoms with van der Waals surface area (Å²) in [6, 6.07) is 1.51. The van der Waals surface area contributed by atoms with Crippen molar-refractivity contribution in [3.8, 4) is 0 Å². The molecule has 2 heterocycles. The van der Waals surface area contributed by atoms with Gasteiger partial charge in [-0.05, 0) is 19.4 Å². The highest BCUT2D eigenvalue weighted by atomic mass is 35.5. The lowest BCUT2D eigenvalue weighted by atomic mass is 10.1. The van der Waals surface area contributed by atoms with Crippen LogP contribution in [0.15, 0.2) is 12.3 Å². The zero-order chi connectivity index (χ0) is 15.5. The van der Waals surface area contributed by atoms with Crippen LogP contribution in [0.25, 0.3) is 0 Å². The van der Waals surface area contributed by atoms with Crippen molar-refractivity contribution < 1.29 is 14.3 Å². The zero-order valence-corrected chi connectivity index (χ0v) is 13.7. The summed E-state index contributed by atoms with van der Waals surface area (Å²) in [7, 11) is 0. The van der Waals surface area contributed by atoms with Gasteiger partial charge in [0.25, 0.3) is 0 Å². The Bertz CT molecular complexity index is 524. The molecule has 0 spiro atoms. The summed E-state index contributed by atoms with van der Waals surface area (Å²) < 4.78 is 11.5. The van der Waals surface area contributed by atoms with Crippen molar-refractivity contribution in [2.24, 2.45) is 0 Å². The van der Waals surface area contributed by atoms with Crippen molar-refractivity contribution in [2.75, 3.05) is 6.61 Å². The van der Waals surface area contributed by atoms with Crippen molar-refractivity contribution >= 4 is 29.0 Å². The van der Waals surface area contributed by atoms with Crippen LogP contribution in [0.4, 0.5) is 0 Å². The van der Waals surface area contributed by atoms with Gasteiger partial charge in [0.05, 0.1) is 11.6 Å². The smallest absolute Gasteiger partial charge is 0.195 e. The number of nitrogens with zero attached hydrogens (tertiary/aromatic N) is 1. The van der Waals surface area contributed by atoms with E-state index in [1.54, 1.807) is 0 Å². The molecule has 0 N–H and O–H groups in total. The highest BCUT2D eigenvalue weighted by Gasteiger charge is 2.40. The van der Waals surface area contributed by atoms with Gasteiger partial charge >= 0.3 is 0 Å². The molecule has 1 aromatic heterocycles. The summed E-state index contributed by atoms with van der Waals surface area (Å²) in [4.78, 5) is 16.3. The summed E-state index contributed by atoms with van der Waals surface area (Å²) >= 11 is 11.6. The largest absolute Gasteiger partial charge is 0.347 e. The lowest BCUT2D eigenvalue weighted by Gasteiger charge is -2.22. The molecule has 6 heteroatoms. The van der Waals surface area contributed by atoms with Crippen LogP contribution in [0.1, 0.15) is 49.9 Å². The number of rotatable bonds is 6. The Morgan fingerprint density at radius 3 is 2.90 bits per heavy atom. The molecule has 4 nitrogen and oxygen atoms in total. The molecule has 0 amide bonds. The topological polar surface area (TPSA) is 48.4 Å². The molecule has 0 bridgehead atoms. The number of Topliss-reactive ketones (excluding diaryl/α,β-unsaturated/α-hetero) is 1. The highest BCUT2D eigenvalue weighted by molar-refractivity contribution is 6.41. The van der Waals surface area contributed by atoms with E-state index in [2.05, 4.69) is 11.9 Å². The second kappa shape index (κ2) is 7.05.